The summed E-state index contributed by atoms with van der Waals surface area (Å²) in [5.41, 5.74) is 0. The van der Waals surface area contributed by atoms with Gasteiger partial charge in [0.25, 0.3) is 12.7 Å². The maximum absolute atomic E-state index is 11.6. The van der Waals surface area contributed by atoms with Gasteiger partial charge in [-0.3, -0.25) is 4.74 Å². The van der Waals surface area contributed by atoms with Crippen LogP contribution in [-0.2, 0) is 9.47 Å². The van der Waals surface area contributed by atoms with Crippen molar-refractivity contribution >= 4 is 0 Å². The Kier molecular flexibility index (Phi) is 10.1. The average Bonchev–Trinajstić information content (AvgIpc) is 2.24. The molecule has 0 aliphatic rings. The molecule has 0 saturated heterocycles. The molecule has 118 valence electrons. The summed E-state index contributed by atoms with van der Waals surface area (Å²) < 4.78 is 97.6. The molecule has 2 unspecified atom stereocenters. The number of hydrogen-bond donors (Lipinski definition) is 0. The van der Waals surface area contributed by atoms with Crippen LogP contribution in [0.1, 0.15) is 20.3 Å². The van der Waals surface area contributed by atoms with Gasteiger partial charge in [0.15, 0.2) is 0 Å². The molecule has 10 heteroatoms. The van der Waals surface area contributed by atoms with Gasteiger partial charge in [-0.1, -0.05) is 6.92 Å². The predicted molar refractivity (Wildman–Crippen MR) is 49.8 cm³/mol. The van der Waals surface area contributed by atoms with Crippen LogP contribution in [0.4, 0.5) is 35.1 Å². The van der Waals surface area contributed by atoms with Crippen molar-refractivity contribution in [3.05, 3.63) is 0 Å². The molecule has 0 spiro atoms. The molecule has 0 aliphatic heterocycles. The standard InChI is InChI=1S/C5H12O.C4H2F8O/c1-3-5-6-4-2;5-1(3(7,8)9)13-2(6)4(10,11)12/h3-5H2,1-2H3;1-2H. The van der Waals surface area contributed by atoms with Gasteiger partial charge in [0.1, 0.15) is 0 Å². The van der Waals surface area contributed by atoms with Crippen LogP contribution in [-0.4, -0.2) is 38.3 Å². The number of rotatable bonds is 5. The van der Waals surface area contributed by atoms with Crippen molar-refractivity contribution in [3.8, 4) is 0 Å². The molecule has 2 atom stereocenters. The highest BCUT2D eigenvalue weighted by Crippen LogP contribution is 2.30. The third kappa shape index (κ3) is 12.2. The lowest BCUT2D eigenvalue weighted by molar-refractivity contribution is -0.344. The largest absolute Gasteiger partial charge is 0.445 e. The highest BCUT2D eigenvalue weighted by atomic mass is 19.4. The molecule has 0 radical (unpaired) electrons. The normalized spacial score (nSPS) is 15.5. The SMILES string of the molecule is CCCOCC.FC(OC(F)C(F)(F)F)C(F)(F)F. The van der Waals surface area contributed by atoms with Crippen molar-refractivity contribution in [3.63, 3.8) is 0 Å². The van der Waals surface area contributed by atoms with E-state index in [2.05, 4.69) is 11.7 Å². The third-order valence-electron chi connectivity index (χ3n) is 1.31. The minimum atomic E-state index is -5.67. The van der Waals surface area contributed by atoms with E-state index in [0.717, 1.165) is 19.6 Å². The number of alkyl halides is 8. The zero-order valence-electron chi connectivity index (χ0n) is 10.1. The fraction of sp³-hybridized carbons (Fsp3) is 1.00. The quantitative estimate of drug-likeness (QED) is 0.561. The summed E-state index contributed by atoms with van der Waals surface area (Å²) in [6.07, 6.45) is -18.8. The molecule has 0 amide bonds. The van der Waals surface area contributed by atoms with Crippen molar-refractivity contribution in [2.24, 2.45) is 0 Å². The van der Waals surface area contributed by atoms with Crippen molar-refractivity contribution in [1.29, 1.82) is 0 Å². The van der Waals surface area contributed by atoms with E-state index in [1.54, 1.807) is 0 Å². The van der Waals surface area contributed by atoms with Gasteiger partial charge in [-0.15, -0.1) is 0 Å². The molecule has 0 fully saturated rings. The number of ether oxygens (including phenoxy) is 2. The van der Waals surface area contributed by atoms with Crippen LogP contribution < -0.4 is 0 Å². The van der Waals surface area contributed by atoms with E-state index < -0.39 is 25.1 Å². The van der Waals surface area contributed by atoms with Crippen LogP contribution in [0.5, 0.6) is 0 Å². The van der Waals surface area contributed by atoms with Crippen molar-refractivity contribution in [2.45, 2.75) is 45.3 Å². The summed E-state index contributed by atoms with van der Waals surface area (Å²) in [6.45, 7) is 5.88. The first kappa shape index (κ1) is 20.7. The van der Waals surface area contributed by atoms with Crippen LogP contribution in [0.3, 0.4) is 0 Å². The molecular weight excluding hydrogens is 292 g/mol. The van der Waals surface area contributed by atoms with E-state index >= 15 is 0 Å². The summed E-state index contributed by atoms with van der Waals surface area (Å²) in [4.78, 5) is 0. The molecule has 0 aliphatic carbocycles. The molecule has 0 heterocycles. The van der Waals surface area contributed by atoms with Gasteiger partial charge in [-0.05, 0) is 13.3 Å². The summed E-state index contributed by atoms with van der Waals surface area (Å²) >= 11 is 0. The Balaban J connectivity index is 0. The summed E-state index contributed by atoms with van der Waals surface area (Å²) in [7, 11) is 0. The monoisotopic (exact) mass is 306 g/mol. The van der Waals surface area contributed by atoms with Crippen LogP contribution in [0.15, 0.2) is 0 Å². The van der Waals surface area contributed by atoms with Crippen LogP contribution >= 0.6 is 0 Å². The van der Waals surface area contributed by atoms with Gasteiger partial charge >= 0.3 is 12.4 Å². The van der Waals surface area contributed by atoms with E-state index in [0.29, 0.717) is 0 Å². The first-order valence-corrected chi connectivity index (χ1v) is 5.11. The third-order valence-corrected chi connectivity index (χ3v) is 1.31. The second kappa shape index (κ2) is 9.29. The smallest absolute Gasteiger partial charge is 0.382 e. The van der Waals surface area contributed by atoms with E-state index in [1.807, 2.05) is 6.92 Å². The topological polar surface area (TPSA) is 18.5 Å². The molecule has 2 nitrogen and oxygen atoms in total. The Morgan fingerprint density at radius 2 is 1.21 bits per heavy atom. The number of halogens is 8. The van der Waals surface area contributed by atoms with Gasteiger partial charge in [0.2, 0.25) is 0 Å². The van der Waals surface area contributed by atoms with Crippen molar-refractivity contribution < 1.29 is 44.6 Å². The van der Waals surface area contributed by atoms with Crippen LogP contribution in [0, 0.1) is 0 Å². The van der Waals surface area contributed by atoms with Gasteiger partial charge in [0.05, 0.1) is 0 Å². The fourth-order valence-electron chi connectivity index (χ4n) is 0.548. The summed E-state index contributed by atoms with van der Waals surface area (Å²) in [6, 6.07) is 0. The lowest BCUT2D eigenvalue weighted by Crippen LogP contribution is -2.36. The molecule has 0 saturated carbocycles. The second-order valence-corrected chi connectivity index (χ2v) is 3.05. The van der Waals surface area contributed by atoms with Crippen molar-refractivity contribution in [2.75, 3.05) is 13.2 Å². The van der Waals surface area contributed by atoms with E-state index in [1.165, 1.54) is 0 Å². The second-order valence-electron chi connectivity index (χ2n) is 3.05. The predicted octanol–water partition coefficient (Wildman–Crippen LogP) is 4.15. The molecule has 19 heavy (non-hydrogen) atoms. The molecule has 0 aromatic carbocycles. The van der Waals surface area contributed by atoms with Crippen LogP contribution in [0.25, 0.3) is 0 Å². The molecular formula is C9H14F8O2. The summed E-state index contributed by atoms with van der Waals surface area (Å²) in [5, 5.41) is 0. The maximum Gasteiger partial charge on any atom is 0.445 e. The molecule has 0 bridgehead atoms. The average molecular weight is 306 g/mol. The highest BCUT2D eigenvalue weighted by Gasteiger charge is 2.49. The lowest BCUT2D eigenvalue weighted by atomic mass is 10.5. The molecule has 0 rings (SSSR count). The Labute approximate surface area is 104 Å². The van der Waals surface area contributed by atoms with Gasteiger partial charge in [-0.25, -0.2) is 8.78 Å². The first-order chi connectivity index (χ1) is 8.46. The Morgan fingerprint density at radius 1 is 0.842 bits per heavy atom. The zero-order chi connectivity index (χ0) is 15.7. The zero-order valence-corrected chi connectivity index (χ0v) is 10.1. The van der Waals surface area contributed by atoms with E-state index in [9.17, 15) is 35.1 Å². The molecule has 0 aromatic rings. The maximum atomic E-state index is 11.6. The van der Waals surface area contributed by atoms with Gasteiger partial charge < -0.3 is 4.74 Å². The minimum Gasteiger partial charge on any atom is -0.382 e. The Hall–Kier alpha value is -0.640. The Bertz CT molecular complexity index is 193. The minimum absolute atomic E-state index is 0.855. The molecule has 0 N–H and O–H groups in total. The summed E-state index contributed by atoms with van der Waals surface area (Å²) in [5.74, 6) is 0. The van der Waals surface area contributed by atoms with Gasteiger partial charge in [0, 0.05) is 13.2 Å². The fourth-order valence-corrected chi connectivity index (χ4v) is 0.548. The molecule has 0 aromatic heterocycles. The van der Waals surface area contributed by atoms with Crippen molar-refractivity contribution in [1.82, 2.24) is 0 Å². The van der Waals surface area contributed by atoms with E-state index in [4.69, 9.17) is 4.74 Å². The highest BCUT2D eigenvalue weighted by molar-refractivity contribution is 4.60. The number of hydrogen-bond acceptors (Lipinski definition) is 2. The first-order valence-electron chi connectivity index (χ1n) is 5.11. The lowest BCUT2D eigenvalue weighted by Gasteiger charge is -2.17. The Morgan fingerprint density at radius 3 is 1.37 bits per heavy atom. The van der Waals surface area contributed by atoms with Crippen LogP contribution in [0.2, 0.25) is 0 Å². The van der Waals surface area contributed by atoms with E-state index in [-0.39, 0.29) is 0 Å². The van der Waals surface area contributed by atoms with Gasteiger partial charge in [-0.2, -0.15) is 26.3 Å².